The SMILES string of the molecule is CC(C)CC(NC(=O)C(Cc1c[nH]c2ccccc12)NC(=O)C(N)CCCN=C(N)N)C(=O)NC(CCCCN)C(=O)O. The van der Waals surface area contributed by atoms with Gasteiger partial charge >= 0.3 is 5.97 Å². The summed E-state index contributed by atoms with van der Waals surface area (Å²) in [7, 11) is 0. The fourth-order valence-electron chi connectivity index (χ4n) is 4.66. The first-order valence-electron chi connectivity index (χ1n) is 14.6. The number of aliphatic imine (C=N–C) groups is 1. The Morgan fingerprint density at radius 3 is 2.21 bits per heavy atom. The number of carbonyl (C=O) groups excluding carboxylic acids is 3. The Bertz CT molecular complexity index is 1240. The van der Waals surface area contributed by atoms with Crippen molar-refractivity contribution in [2.24, 2.45) is 33.8 Å². The first-order valence-corrected chi connectivity index (χ1v) is 14.6. The molecule has 4 unspecified atom stereocenters. The second kappa shape index (κ2) is 17.7. The average Bonchev–Trinajstić information content (AvgIpc) is 3.36. The molecule has 0 saturated heterocycles. The lowest BCUT2D eigenvalue weighted by molar-refractivity contribution is -0.142. The molecule has 1 aromatic heterocycles. The molecule has 1 aromatic carbocycles. The number of H-pyrrole nitrogens is 1. The molecule has 4 atom stereocenters. The second-order valence-electron chi connectivity index (χ2n) is 11.1. The zero-order valence-electron chi connectivity index (χ0n) is 25.0. The summed E-state index contributed by atoms with van der Waals surface area (Å²) < 4.78 is 0. The van der Waals surface area contributed by atoms with Crippen molar-refractivity contribution in [3.05, 3.63) is 36.0 Å². The molecular weight excluding hydrogens is 554 g/mol. The molecule has 0 aliphatic heterocycles. The molecule has 0 radical (unpaired) electrons. The van der Waals surface area contributed by atoms with Gasteiger partial charge in [-0.05, 0) is 62.6 Å². The van der Waals surface area contributed by atoms with Gasteiger partial charge in [0.05, 0.1) is 6.04 Å². The van der Waals surface area contributed by atoms with Gasteiger partial charge in [-0.1, -0.05) is 32.0 Å². The predicted octanol–water partition coefficient (Wildman–Crippen LogP) is -0.195. The number of nitrogens with two attached hydrogens (primary N) is 4. The van der Waals surface area contributed by atoms with Crippen LogP contribution < -0.4 is 38.9 Å². The van der Waals surface area contributed by atoms with Gasteiger partial charge in [-0.2, -0.15) is 0 Å². The Labute approximate surface area is 251 Å². The number of unbranched alkanes of at least 4 members (excludes halogenated alkanes) is 1. The van der Waals surface area contributed by atoms with Crippen LogP contribution in [0.15, 0.2) is 35.5 Å². The Morgan fingerprint density at radius 1 is 0.907 bits per heavy atom. The van der Waals surface area contributed by atoms with E-state index in [0.717, 1.165) is 16.5 Å². The molecule has 43 heavy (non-hydrogen) atoms. The lowest BCUT2D eigenvalue weighted by Gasteiger charge is -2.26. The van der Waals surface area contributed by atoms with Crippen molar-refractivity contribution in [1.82, 2.24) is 20.9 Å². The van der Waals surface area contributed by atoms with Crippen molar-refractivity contribution in [3.8, 4) is 0 Å². The molecule has 0 aliphatic carbocycles. The van der Waals surface area contributed by atoms with E-state index < -0.39 is 47.9 Å². The normalized spacial score (nSPS) is 14.0. The van der Waals surface area contributed by atoms with E-state index in [9.17, 15) is 24.3 Å². The molecule has 14 nitrogen and oxygen atoms in total. The number of aromatic amines is 1. The minimum Gasteiger partial charge on any atom is -0.480 e. The molecule has 1 heterocycles. The molecule has 2 aromatic rings. The Morgan fingerprint density at radius 2 is 1.56 bits per heavy atom. The van der Waals surface area contributed by atoms with Crippen LogP contribution in [0.3, 0.4) is 0 Å². The number of para-hydroxylation sites is 1. The molecule has 0 saturated carbocycles. The predicted molar refractivity (Wildman–Crippen MR) is 166 cm³/mol. The van der Waals surface area contributed by atoms with Crippen molar-refractivity contribution in [2.75, 3.05) is 13.1 Å². The van der Waals surface area contributed by atoms with Crippen molar-refractivity contribution in [3.63, 3.8) is 0 Å². The third-order valence-electron chi connectivity index (χ3n) is 6.94. The van der Waals surface area contributed by atoms with Crippen LogP contribution in [0.25, 0.3) is 10.9 Å². The number of amides is 3. The molecule has 0 spiro atoms. The van der Waals surface area contributed by atoms with Crippen LogP contribution in [-0.4, -0.2) is 77.0 Å². The fourth-order valence-corrected chi connectivity index (χ4v) is 4.66. The third kappa shape index (κ3) is 11.9. The summed E-state index contributed by atoms with van der Waals surface area (Å²) in [5.41, 5.74) is 24.0. The number of aliphatic carboxylic acids is 1. The topological polar surface area (TPSA) is 257 Å². The molecule has 238 valence electrons. The number of aromatic nitrogens is 1. The van der Waals surface area contributed by atoms with Crippen LogP contribution in [-0.2, 0) is 25.6 Å². The van der Waals surface area contributed by atoms with Gasteiger partial charge in [-0.3, -0.25) is 19.4 Å². The largest absolute Gasteiger partial charge is 0.480 e. The maximum Gasteiger partial charge on any atom is 0.326 e. The summed E-state index contributed by atoms with van der Waals surface area (Å²) in [4.78, 5) is 58.8. The molecule has 2 rings (SSSR count). The van der Waals surface area contributed by atoms with Crippen LogP contribution in [0.4, 0.5) is 0 Å². The zero-order valence-corrected chi connectivity index (χ0v) is 25.0. The van der Waals surface area contributed by atoms with Crippen LogP contribution in [0, 0.1) is 5.92 Å². The Kier molecular flexibility index (Phi) is 14.4. The lowest BCUT2D eigenvalue weighted by Crippen LogP contribution is -2.57. The number of nitrogens with one attached hydrogen (secondary N) is 4. The van der Waals surface area contributed by atoms with Gasteiger partial charge in [0.1, 0.15) is 18.1 Å². The molecular formula is C29H47N9O5. The van der Waals surface area contributed by atoms with Crippen molar-refractivity contribution in [2.45, 2.75) is 83.0 Å². The molecule has 0 aliphatic rings. The van der Waals surface area contributed by atoms with E-state index in [1.165, 1.54) is 0 Å². The highest BCUT2D eigenvalue weighted by Crippen LogP contribution is 2.19. The van der Waals surface area contributed by atoms with E-state index in [4.69, 9.17) is 22.9 Å². The van der Waals surface area contributed by atoms with Gasteiger partial charge in [-0.25, -0.2) is 4.79 Å². The number of fused-ring (bicyclic) bond motifs is 1. The zero-order chi connectivity index (χ0) is 31.9. The van der Waals surface area contributed by atoms with E-state index in [-0.39, 0.29) is 37.6 Å². The highest BCUT2D eigenvalue weighted by Gasteiger charge is 2.31. The van der Waals surface area contributed by atoms with E-state index in [1.807, 2.05) is 38.1 Å². The number of rotatable bonds is 19. The molecule has 0 fully saturated rings. The van der Waals surface area contributed by atoms with Crippen LogP contribution in [0.2, 0.25) is 0 Å². The van der Waals surface area contributed by atoms with Gasteiger partial charge in [0.15, 0.2) is 5.96 Å². The number of hydrogen-bond donors (Lipinski definition) is 9. The number of benzene rings is 1. The summed E-state index contributed by atoms with van der Waals surface area (Å²) in [5, 5.41) is 18.6. The minimum absolute atomic E-state index is 0.00290. The van der Waals surface area contributed by atoms with Crippen LogP contribution in [0.1, 0.15) is 57.9 Å². The van der Waals surface area contributed by atoms with Gasteiger partial charge in [0.25, 0.3) is 0 Å². The van der Waals surface area contributed by atoms with Gasteiger partial charge in [0.2, 0.25) is 17.7 Å². The smallest absolute Gasteiger partial charge is 0.326 e. The number of hydrogen-bond acceptors (Lipinski definition) is 7. The van der Waals surface area contributed by atoms with Crippen LogP contribution >= 0.6 is 0 Å². The van der Waals surface area contributed by atoms with E-state index in [0.29, 0.717) is 32.4 Å². The number of carboxylic acids is 1. The maximum absolute atomic E-state index is 13.7. The van der Waals surface area contributed by atoms with E-state index >= 15 is 0 Å². The Balaban J connectivity index is 2.24. The number of guanidine groups is 1. The van der Waals surface area contributed by atoms with E-state index in [2.05, 4.69) is 25.9 Å². The lowest BCUT2D eigenvalue weighted by atomic mass is 10.00. The Hall–Kier alpha value is -4.17. The molecule has 14 heteroatoms. The monoisotopic (exact) mass is 601 g/mol. The maximum atomic E-state index is 13.7. The molecule has 0 bridgehead atoms. The summed E-state index contributed by atoms with van der Waals surface area (Å²) in [6, 6.07) is 3.40. The van der Waals surface area contributed by atoms with Crippen molar-refractivity contribution < 1.29 is 24.3 Å². The standard InChI is InChI=1S/C29H47N9O5/c1-17(2)14-23(26(40)36-22(28(42)43)11-5-6-12-30)38-27(41)24(15-18-16-35-21-10-4-3-8-19(18)21)37-25(39)20(31)9-7-13-34-29(32)33/h3-4,8,10,16-17,20,22-24,35H,5-7,9,11-15,30-31H2,1-2H3,(H,36,40)(H,37,39)(H,38,41)(H,42,43)(H4,32,33,34). The van der Waals surface area contributed by atoms with Gasteiger partial charge in [0, 0.05) is 30.1 Å². The fraction of sp³-hybridized carbons (Fsp3) is 0.552. The summed E-state index contributed by atoms with van der Waals surface area (Å²) in [6.45, 7) is 4.48. The highest BCUT2D eigenvalue weighted by atomic mass is 16.4. The minimum atomic E-state index is -1.17. The number of carboxylic acid groups (broad SMARTS) is 1. The summed E-state index contributed by atoms with van der Waals surface area (Å²) in [6.07, 6.45) is 4.24. The number of nitrogens with zero attached hydrogens (tertiary/aromatic N) is 1. The first-order chi connectivity index (χ1) is 20.4. The van der Waals surface area contributed by atoms with Crippen molar-refractivity contribution >= 4 is 40.6 Å². The summed E-state index contributed by atoms with van der Waals surface area (Å²) in [5.74, 6) is -2.98. The van der Waals surface area contributed by atoms with Gasteiger partial charge < -0.3 is 49.0 Å². The highest BCUT2D eigenvalue weighted by molar-refractivity contribution is 5.95. The quantitative estimate of drug-likeness (QED) is 0.0586. The molecule has 13 N–H and O–H groups in total. The average molecular weight is 602 g/mol. The van der Waals surface area contributed by atoms with Crippen LogP contribution in [0.5, 0.6) is 0 Å². The van der Waals surface area contributed by atoms with E-state index in [1.54, 1.807) is 6.20 Å². The second-order valence-corrected chi connectivity index (χ2v) is 11.1. The summed E-state index contributed by atoms with van der Waals surface area (Å²) >= 11 is 0. The number of carbonyl (C=O) groups is 4. The first kappa shape index (κ1) is 35.0. The molecule has 3 amide bonds. The van der Waals surface area contributed by atoms with Gasteiger partial charge in [-0.15, -0.1) is 0 Å². The third-order valence-corrected chi connectivity index (χ3v) is 6.94. The van der Waals surface area contributed by atoms with Crippen molar-refractivity contribution in [1.29, 1.82) is 0 Å².